The van der Waals surface area contributed by atoms with E-state index in [0.717, 1.165) is 19.3 Å². The zero-order valence-electron chi connectivity index (χ0n) is 10.7. The van der Waals surface area contributed by atoms with Gasteiger partial charge in [-0.25, -0.2) is 4.39 Å². The van der Waals surface area contributed by atoms with Gasteiger partial charge in [-0.15, -0.1) is 0 Å². The fraction of sp³-hybridized carbons (Fsp3) is 0.917. The van der Waals surface area contributed by atoms with Gasteiger partial charge in [-0.3, -0.25) is 4.99 Å². The van der Waals surface area contributed by atoms with Crippen molar-refractivity contribution in [1.29, 1.82) is 0 Å². The number of nitrogens with zero attached hydrogens (tertiary/aromatic N) is 1. The van der Waals surface area contributed by atoms with Crippen LogP contribution in [0.2, 0.25) is 0 Å². The normalized spacial score (nSPS) is 44.2. The Kier molecular flexibility index (Phi) is 3.72. The Balaban J connectivity index is 1.72. The van der Waals surface area contributed by atoms with Gasteiger partial charge in [0.25, 0.3) is 0 Å². The predicted molar refractivity (Wildman–Crippen MR) is 70.8 cm³/mol. The van der Waals surface area contributed by atoms with E-state index >= 15 is 0 Å². The highest BCUT2D eigenvalue weighted by Crippen LogP contribution is 2.41. The average molecular weight is 290 g/mol. The number of aliphatic hydroxyl groups is 2. The third kappa shape index (κ3) is 2.26. The second-order valence-electron chi connectivity index (χ2n) is 5.38. The molecule has 0 amide bonds. The minimum Gasteiger partial charge on any atom is -0.390 e. The summed E-state index contributed by atoms with van der Waals surface area (Å²) in [6.07, 6.45) is -1.51. The van der Waals surface area contributed by atoms with Crippen molar-refractivity contribution in [2.75, 3.05) is 7.05 Å². The van der Waals surface area contributed by atoms with Gasteiger partial charge in [0.1, 0.15) is 23.7 Å². The minimum absolute atomic E-state index is 0.125. The Bertz CT molecular complexity index is 380. The summed E-state index contributed by atoms with van der Waals surface area (Å²) in [5, 5.41) is 23.7. The molecule has 1 saturated carbocycles. The van der Waals surface area contributed by atoms with E-state index < -0.39 is 36.0 Å². The lowest BCUT2D eigenvalue weighted by atomic mass is 9.77. The summed E-state index contributed by atoms with van der Waals surface area (Å²) in [7, 11) is 1.72. The van der Waals surface area contributed by atoms with Crippen molar-refractivity contribution in [2.24, 2.45) is 10.9 Å². The molecule has 2 aliphatic heterocycles. The van der Waals surface area contributed by atoms with Crippen molar-refractivity contribution in [3.63, 3.8) is 0 Å². The zero-order chi connectivity index (χ0) is 13.6. The first-order valence-electron chi connectivity index (χ1n) is 6.69. The first-order valence-corrected chi connectivity index (χ1v) is 7.57. The molecule has 19 heavy (non-hydrogen) atoms. The van der Waals surface area contributed by atoms with Crippen LogP contribution >= 0.6 is 11.8 Å². The Hall–Kier alpha value is -0.370. The molecule has 0 bridgehead atoms. The molecule has 6 atom stereocenters. The quantitative estimate of drug-likeness (QED) is 0.680. The Morgan fingerprint density at radius 3 is 2.84 bits per heavy atom. The fourth-order valence-corrected chi connectivity index (χ4v) is 3.86. The first kappa shape index (κ1) is 13.6. The summed E-state index contributed by atoms with van der Waals surface area (Å²) in [5.41, 5.74) is -0.458. The smallest absolute Gasteiger partial charge is 0.159 e. The molecule has 0 spiro atoms. The van der Waals surface area contributed by atoms with Gasteiger partial charge >= 0.3 is 0 Å². The lowest BCUT2D eigenvalue weighted by Gasteiger charge is -2.43. The number of nitrogens with one attached hydrogen (secondary N) is 1. The number of hydrogen-bond acceptors (Lipinski definition) is 6. The fourth-order valence-electron chi connectivity index (χ4n) is 2.81. The van der Waals surface area contributed by atoms with Gasteiger partial charge in [0.15, 0.2) is 11.3 Å². The van der Waals surface area contributed by atoms with Crippen LogP contribution in [0.1, 0.15) is 19.3 Å². The maximum absolute atomic E-state index is 14.2. The summed E-state index contributed by atoms with van der Waals surface area (Å²) in [6, 6.07) is -0.688. The van der Waals surface area contributed by atoms with Crippen molar-refractivity contribution < 1.29 is 19.3 Å². The number of alkyl halides is 1. The molecule has 7 heteroatoms. The largest absolute Gasteiger partial charge is 0.390 e. The van der Waals surface area contributed by atoms with Crippen molar-refractivity contribution in [2.45, 2.75) is 55.2 Å². The number of hydrogen-bond donors (Lipinski definition) is 3. The molecule has 1 unspecified atom stereocenters. The number of fused-ring (bicyclic) bond motifs is 1. The van der Waals surface area contributed by atoms with Gasteiger partial charge in [0.05, 0.1) is 6.10 Å². The summed E-state index contributed by atoms with van der Waals surface area (Å²) < 4.78 is 20.0. The van der Waals surface area contributed by atoms with E-state index in [9.17, 15) is 14.6 Å². The highest BCUT2D eigenvalue weighted by molar-refractivity contribution is 8.14. The van der Waals surface area contributed by atoms with Crippen LogP contribution in [0.4, 0.5) is 4.39 Å². The van der Waals surface area contributed by atoms with E-state index in [1.807, 2.05) is 0 Å². The van der Waals surface area contributed by atoms with Crippen molar-refractivity contribution in [3.05, 3.63) is 0 Å². The van der Waals surface area contributed by atoms with Gasteiger partial charge in [0.2, 0.25) is 0 Å². The van der Waals surface area contributed by atoms with Gasteiger partial charge < -0.3 is 20.3 Å². The molecule has 108 valence electrons. The van der Waals surface area contributed by atoms with Crippen LogP contribution in [0, 0.1) is 5.92 Å². The Morgan fingerprint density at radius 2 is 2.26 bits per heavy atom. The number of rotatable bonds is 2. The summed E-state index contributed by atoms with van der Waals surface area (Å²) in [6.45, 7) is 0. The van der Waals surface area contributed by atoms with E-state index in [-0.39, 0.29) is 5.92 Å². The SMILES string of the molecule is CNC1=N[C@@H]2[C@H](F)[C@H](O)[C@@H](C(O)C3CCC3)O[C@@H]2S1. The number of ether oxygens (including phenoxy) is 1. The maximum atomic E-state index is 14.2. The van der Waals surface area contributed by atoms with Gasteiger partial charge in [0, 0.05) is 7.05 Å². The minimum atomic E-state index is -1.49. The van der Waals surface area contributed by atoms with Crippen molar-refractivity contribution >= 4 is 16.9 Å². The topological polar surface area (TPSA) is 74.1 Å². The predicted octanol–water partition coefficient (Wildman–Crippen LogP) is 0.262. The summed E-state index contributed by atoms with van der Waals surface area (Å²) in [4.78, 5) is 4.16. The second-order valence-corrected chi connectivity index (χ2v) is 6.47. The number of thioether (sulfide) groups is 1. The molecule has 0 radical (unpaired) electrons. The van der Waals surface area contributed by atoms with Crippen LogP contribution in [0.25, 0.3) is 0 Å². The molecule has 1 saturated heterocycles. The number of amidine groups is 1. The highest BCUT2D eigenvalue weighted by Gasteiger charge is 2.52. The molecule has 5 nitrogen and oxygen atoms in total. The van der Waals surface area contributed by atoms with E-state index in [2.05, 4.69) is 10.3 Å². The number of halogens is 1. The third-order valence-corrected chi connectivity index (χ3v) is 5.39. The Morgan fingerprint density at radius 1 is 1.53 bits per heavy atom. The Labute approximate surface area is 115 Å². The van der Waals surface area contributed by atoms with Crippen LogP contribution in [-0.4, -0.2) is 58.4 Å². The number of aliphatic hydroxyl groups excluding tert-OH is 2. The molecule has 3 N–H and O–H groups in total. The molecule has 1 aliphatic carbocycles. The maximum Gasteiger partial charge on any atom is 0.159 e. The van der Waals surface area contributed by atoms with Crippen LogP contribution in [-0.2, 0) is 4.74 Å². The van der Waals surface area contributed by atoms with Crippen LogP contribution in [0.15, 0.2) is 4.99 Å². The van der Waals surface area contributed by atoms with Gasteiger partial charge in [-0.05, 0) is 18.8 Å². The molecular weight excluding hydrogens is 271 g/mol. The van der Waals surface area contributed by atoms with E-state index in [1.54, 1.807) is 7.05 Å². The highest BCUT2D eigenvalue weighted by atomic mass is 32.2. The monoisotopic (exact) mass is 290 g/mol. The van der Waals surface area contributed by atoms with E-state index in [0.29, 0.717) is 5.17 Å². The van der Waals surface area contributed by atoms with Crippen molar-refractivity contribution in [1.82, 2.24) is 5.32 Å². The van der Waals surface area contributed by atoms with E-state index in [1.165, 1.54) is 11.8 Å². The molecule has 0 aromatic carbocycles. The number of aliphatic imine (C=N–C) groups is 1. The molecule has 3 aliphatic rings. The third-order valence-electron chi connectivity index (χ3n) is 4.24. The second kappa shape index (κ2) is 5.20. The average Bonchev–Trinajstić information content (AvgIpc) is 2.74. The zero-order valence-corrected chi connectivity index (χ0v) is 11.5. The lowest BCUT2D eigenvalue weighted by Crippen LogP contribution is -2.58. The molecule has 0 aromatic heterocycles. The molecule has 0 aromatic rings. The lowest BCUT2D eigenvalue weighted by molar-refractivity contribution is -0.184. The first-order chi connectivity index (χ1) is 9.11. The molecular formula is C12H19FN2O3S. The van der Waals surface area contributed by atoms with Gasteiger partial charge in [-0.1, -0.05) is 18.2 Å². The van der Waals surface area contributed by atoms with Gasteiger partial charge in [-0.2, -0.15) is 0 Å². The molecule has 2 heterocycles. The van der Waals surface area contributed by atoms with Crippen molar-refractivity contribution in [3.8, 4) is 0 Å². The molecule has 2 fully saturated rings. The van der Waals surface area contributed by atoms with Crippen LogP contribution < -0.4 is 5.32 Å². The van der Waals surface area contributed by atoms with Crippen LogP contribution in [0.3, 0.4) is 0 Å². The standard InChI is InChI=1S/C12H19FN2O3S/c1-14-12-15-7-6(13)9(17)10(18-11(7)19-12)8(16)5-3-2-4-5/h5-11,16-17H,2-4H2,1H3,(H,14,15)/t6-,7+,8?,9-,10+,11+/m0/s1. The molecule has 3 rings (SSSR count). The summed E-state index contributed by atoms with van der Waals surface area (Å²) >= 11 is 1.31. The van der Waals surface area contributed by atoms with E-state index in [4.69, 9.17) is 4.74 Å². The summed E-state index contributed by atoms with van der Waals surface area (Å²) in [5.74, 6) is 0.125. The van der Waals surface area contributed by atoms with Crippen LogP contribution in [0.5, 0.6) is 0 Å².